The number of aliphatic carboxylic acids is 1. The molecule has 0 bridgehead atoms. The predicted molar refractivity (Wildman–Crippen MR) is 80.7 cm³/mol. The zero-order valence-corrected chi connectivity index (χ0v) is 12.5. The van der Waals surface area contributed by atoms with Gasteiger partial charge in [-0.2, -0.15) is 0 Å². The molecule has 0 aliphatic rings. The van der Waals surface area contributed by atoms with Crippen molar-refractivity contribution in [1.82, 2.24) is 0 Å². The second-order valence-electron chi connectivity index (χ2n) is 3.99. The van der Waals surface area contributed by atoms with Crippen LogP contribution >= 0.6 is 6.26 Å². The van der Waals surface area contributed by atoms with E-state index in [9.17, 15) is 14.8 Å². The molecule has 0 aliphatic heterocycles. The third-order valence-electron chi connectivity index (χ3n) is 2.43. The Bertz CT molecular complexity index is 433. The maximum Gasteiger partial charge on any atom is 0.320 e. The van der Waals surface area contributed by atoms with Crippen molar-refractivity contribution >= 4 is 24.0 Å². The van der Waals surface area contributed by atoms with E-state index in [1.54, 1.807) is 25.2 Å². The van der Waals surface area contributed by atoms with Gasteiger partial charge in [-0.3, -0.25) is 4.79 Å². The second-order valence-corrected chi connectivity index (χ2v) is 8.33. The number of carbonyl (C=O) groups is 1. The van der Waals surface area contributed by atoms with Gasteiger partial charge in [0.1, 0.15) is 11.9 Å². The molecule has 7 heteroatoms. The molecule has 0 aromatic carbocycles. The minimum absolute atomic E-state index is 0.00298. The normalized spacial score (nSPS) is 18.8. The van der Waals surface area contributed by atoms with E-state index in [1.165, 1.54) is 6.08 Å². The molecule has 0 saturated carbocycles. The number of carboxylic acid groups (broad SMARTS) is 1. The highest BCUT2D eigenvalue weighted by atomic mass is 32.4. The molecule has 0 fully saturated rings. The summed E-state index contributed by atoms with van der Waals surface area (Å²) in [7, 11) is 0. The van der Waals surface area contributed by atoms with Gasteiger partial charge in [0.2, 0.25) is 0 Å². The van der Waals surface area contributed by atoms with Crippen molar-refractivity contribution in [1.29, 1.82) is 0 Å². The molecule has 5 nitrogen and oxygen atoms in total. The van der Waals surface area contributed by atoms with Crippen LogP contribution in [0.5, 0.6) is 0 Å². The minimum Gasteiger partial charge on any atom is -0.480 e. The van der Waals surface area contributed by atoms with Crippen LogP contribution in [0.25, 0.3) is 0 Å². The summed E-state index contributed by atoms with van der Waals surface area (Å²) in [6.07, 6.45) is 3.28. The van der Waals surface area contributed by atoms with Crippen LogP contribution < -0.4 is 5.73 Å². The number of hydrogen-bond acceptors (Lipinski definition) is 4. The zero-order chi connectivity index (χ0) is 15.1. The third-order valence-corrected chi connectivity index (χ3v) is 5.54. The van der Waals surface area contributed by atoms with Gasteiger partial charge in [-0.15, -0.1) is 0 Å². The highest BCUT2D eigenvalue weighted by molar-refractivity contribution is 8.12. The molecule has 19 heavy (non-hydrogen) atoms. The first-order valence-electron chi connectivity index (χ1n) is 5.69. The summed E-state index contributed by atoms with van der Waals surface area (Å²) in [4.78, 5) is 20.8. The Balaban J connectivity index is 4.88. The van der Waals surface area contributed by atoms with Crippen LogP contribution in [-0.2, 0) is 16.6 Å². The molecule has 0 aromatic heterocycles. The third kappa shape index (κ3) is 6.27. The molecular formula is C12H20NO4PS. The van der Waals surface area contributed by atoms with Gasteiger partial charge in [-0.05, 0) is 18.9 Å². The topological polar surface area (TPSA) is 104 Å². The monoisotopic (exact) mass is 305 g/mol. The number of rotatable bonds is 8. The van der Waals surface area contributed by atoms with Crippen LogP contribution in [0.1, 0.15) is 13.3 Å². The fourth-order valence-electron chi connectivity index (χ4n) is 1.36. The van der Waals surface area contributed by atoms with Crippen molar-refractivity contribution in [2.45, 2.75) is 25.2 Å². The summed E-state index contributed by atoms with van der Waals surface area (Å²) in [5.41, 5.74) is 5.80. The Morgan fingerprint density at radius 1 is 1.58 bits per heavy atom. The molecule has 3 atom stereocenters. The standard InChI is InChI=1S/C12H20NO4PS/c1-3-5-9(6-4-2)12(16)18(17,19)8-7-10(13)11(14)15/h3-6,10,12,16H,1,7-8,13H2,2H3,(H,14,15)(H,17,19)/b6-4-,9-5+. The van der Waals surface area contributed by atoms with Gasteiger partial charge in [0.15, 0.2) is 0 Å². The van der Waals surface area contributed by atoms with Crippen LogP contribution in [0.2, 0.25) is 0 Å². The van der Waals surface area contributed by atoms with Crippen molar-refractivity contribution in [3.8, 4) is 0 Å². The van der Waals surface area contributed by atoms with Crippen LogP contribution in [0.4, 0.5) is 0 Å². The molecular weight excluding hydrogens is 285 g/mol. The Morgan fingerprint density at radius 3 is 2.58 bits per heavy atom. The molecule has 0 amide bonds. The van der Waals surface area contributed by atoms with Crippen LogP contribution in [0.15, 0.2) is 36.5 Å². The molecule has 108 valence electrons. The average molecular weight is 305 g/mol. The van der Waals surface area contributed by atoms with E-state index in [-0.39, 0.29) is 12.6 Å². The van der Waals surface area contributed by atoms with Gasteiger partial charge in [0, 0.05) is 6.16 Å². The van der Waals surface area contributed by atoms with Crippen molar-refractivity contribution in [3.05, 3.63) is 36.5 Å². The number of carboxylic acids is 1. The first-order valence-corrected chi connectivity index (χ1v) is 8.70. The lowest BCUT2D eigenvalue weighted by Gasteiger charge is -2.23. The van der Waals surface area contributed by atoms with E-state index in [2.05, 4.69) is 6.58 Å². The number of hydrogen-bond donors (Lipinski definition) is 4. The summed E-state index contributed by atoms with van der Waals surface area (Å²) < 4.78 is 0. The summed E-state index contributed by atoms with van der Waals surface area (Å²) in [6, 6.07) is -1.09. The van der Waals surface area contributed by atoms with E-state index in [0.717, 1.165) is 0 Å². The molecule has 0 rings (SSSR count). The lowest BCUT2D eigenvalue weighted by atomic mass is 10.2. The number of aliphatic hydroxyl groups is 1. The summed E-state index contributed by atoms with van der Waals surface area (Å²) in [5, 5.41) is 18.8. The van der Waals surface area contributed by atoms with Gasteiger partial charge in [0.25, 0.3) is 0 Å². The lowest BCUT2D eigenvalue weighted by molar-refractivity contribution is -0.138. The predicted octanol–water partition coefficient (Wildman–Crippen LogP) is 1.18. The first kappa shape index (κ1) is 18.2. The molecule has 0 saturated heterocycles. The number of nitrogens with two attached hydrogens (primary N) is 1. The molecule has 0 radical (unpaired) electrons. The summed E-state index contributed by atoms with van der Waals surface area (Å²) >= 11 is 5.03. The molecule has 0 spiro atoms. The Morgan fingerprint density at radius 2 is 2.16 bits per heavy atom. The van der Waals surface area contributed by atoms with Crippen molar-refractivity contribution < 1.29 is 19.9 Å². The van der Waals surface area contributed by atoms with E-state index in [1.807, 2.05) is 0 Å². The molecule has 0 heterocycles. The lowest BCUT2D eigenvalue weighted by Crippen LogP contribution is -2.31. The molecule has 0 aromatic rings. The van der Waals surface area contributed by atoms with E-state index < -0.39 is 24.1 Å². The molecule has 3 unspecified atom stereocenters. The van der Waals surface area contributed by atoms with Crippen molar-refractivity contribution in [3.63, 3.8) is 0 Å². The van der Waals surface area contributed by atoms with Crippen LogP contribution in [-0.4, -0.2) is 39.1 Å². The van der Waals surface area contributed by atoms with Gasteiger partial charge in [0.05, 0.1) is 6.26 Å². The Kier molecular flexibility index (Phi) is 8.06. The largest absolute Gasteiger partial charge is 0.480 e. The van der Waals surface area contributed by atoms with Gasteiger partial charge < -0.3 is 20.8 Å². The van der Waals surface area contributed by atoms with E-state index in [4.69, 9.17) is 22.6 Å². The Labute approximate surface area is 118 Å². The quantitative estimate of drug-likeness (QED) is 0.396. The molecule has 5 N–H and O–H groups in total. The Hall–Kier alpha value is -0.780. The van der Waals surface area contributed by atoms with Crippen LogP contribution in [0, 0.1) is 0 Å². The first-order chi connectivity index (χ1) is 8.76. The minimum atomic E-state index is -3.11. The van der Waals surface area contributed by atoms with E-state index in [0.29, 0.717) is 5.57 Å². The van der Waals surface area contributed by atoms with E-state index >= 15 is 0 Å². The average Bonchev–Trinajstić information content (AvgIpc) is 2.34. The zero-order valence-electron chi connectivity index (χ0n) is 10.8. The van der Waals surface area contributed by atoms with Crippen molar-refractivity contribution in [2.75, 3.05) is 6.16 Å². The maximum atomic E-state index is 10.6. The highest BCUT2D eigenvalue weighted by Gasteiger charge is 2.27. The number of aliphatic hydroxyl groups excluding tert-OH is 1. The number of allylic oxidation sites excluding steroid dienone is 3. The fraction of sp³-hybridized carbons (Fsp3) is 0.417. The van der Waals surface area contributed by atoms with Gasteiger partial charge in [-0.1, -0.05) is 42.7 Å². The highest BCUT2D eigenvalue weighted by Crippen LogP contribution is 2.49. The SMILES string of the molecule is C=C/C=C(\C=C/C)C(O)P(O)(=S)CCC(N)C(=O)O. The summed E-state index contributed by atoms with van der Waals surface area (Å²) in [5.74, 6) is -2.36. The van der Waals surface area contributed by atoms with Crippen LogP contribution in [0.3, 0.4) is 0 Å². The van der Waals surface area contributed by atoms with Crippen molar-refractivity contribution in [2.24, 2.45) is 5.73 Å². The van der Waals surface area contributed by atoms with Gasteiger partial charge >= 0.3 is 5.97 Å². The van der Waals surface area contributed by atoms with Gasteiger partial charge in [-0.25, -0.2) is 0 Å². The summed E-state index contributed by atoms with van der Waals surface area (Å²) in [6.45, 7) is 5.29. The maximum absolute atomic E-state index is 10.6. The fourth-order valence-corrected chi connectivity index (χ4v) is 3.57. The smallest absolute Gasteiger partial charge is 0.320 e. The second kappa shape index (κ2) is 8.40. The molecule has 0 aliphatic carbocycles.